The number of alkyl halides is 1. The van der Waals surface area contributed by atoms with E-state index in [9.17, 15) is 28.8 Å². The molecule has 2 saturated carbocycles. The Labute approximate surface area is 376 Å². The normalized spacial score (nSPS) is 21.2. The molecule has 0 radical (unpaired) electrons. The van der Waals surface area contributed by atoms with Crippen LogP contribution < -0.4 is 22.1 Å². The first kappa shape index (κ1) is 57.0. The maximum atomic E-state index is 11.9. The lowest BCUT2D eigenvalue weighted by atomic mass is 10.0. The number of nitrogens with two attached hydrogens (primary N) is 2. The topological polar surface area (TPSA) is 185 Å². The molecule has 4 rings (SSSR count). The number of thiol groups is 1. The second kappa shape index (κ2) is 37.7. The van der Waals surface area contributed by atoms with E-state index >= 15 is 0 Å². The molecule has 0 bridgehead atoms. The van der Waals surface area contributed by atoms with E-state index in [1.165, 1.54) is 150 Å². The van der Waals surface area contributed by atoms with Crippen LogP contribution in [0.4, 0.5) is 0 Å². The highest BCUT2D eigenvalue weighted by Gasteiger charge is 2.37. The van der Waals surface area contributed by atoms with Crippen molar-refractivity contribution in [2.24, 2.45) is 23.3 Å². The molecule has 2 unspecified atom stereocenters. The molecule has 4 fully saturated rings. The molecule has 6 amide bonds. The Bertz CT molecular complexity index is 1080. The highest BCUT2D eigenvalue weighted by atomic mass is 79.9. The highest BCUT2D eigenvalue weighted by molar-refractivity contribution is 9.09. The lowest BCUT2D eigenvalue weighted by Gasteiger charge is -2.24. The van der Waals surface area contributed by atoms with Gasteiger partial charge in [-0.25, -0.2) is 0 Å². The Morgan fingerprint density at radius 1 is 0.610 bits per heavy atom. The number of hydrogen-bond acceptors (Lipinski definition) is 8. The second-order valence-electron chi connectivity index (χ2n) is 16.1. The summed E-state index contributed by atoms with van der Waals surface area (Å²) in [4.78, 5) is 71.7. The summed E-state index contributed by atoms with van der Waals surface area (Å²) >= 11 is 8.03. The van der Waals surface area contributed by atoms with E-state index in [1.54, 1.807) is 6.26 Å². The number of amides is 6. The quantitative estimate of drug-likeness (QED) is 0.0934. The predicted octanol–water partition coefficient (Wildman–Crippen LogP) is 7.54. The van der Waals surface area contributed by atoms with Crippen molar-refractivity contribution in [1.29, 1.82) is 0 Å². The van der Waals surface area contributed by atoms with Crippen molar-refractivity contribution in [2.75, 3.05) is 49.8 Å². The van der Waals surface area contributed by atoms with Gasteiger partial charge in [-0.2, -0.15) is 24.4 Å². The van der Waals surface area contributed by atoms with Gasteiger partial charge in [-0.3, -0.25) is 28.8 Å². The van der Waals surface area contributed by atoms with E-state index in [0.29, 0.717) is 57.6 Å². The molecule has 344 valence electrons. The molecule has 15 heteroatoms. The van der Waals surface area contributed by atoms with Gasteiger partial charge in [-0.1, -0.05) is 158 Å². The Morgan fingerprint density at radius 2 is 0.881 bits per heavy atom. The molecule has 4 atom stereocenters. The lowest BCUT2D eigenvalue weighted by Crippen LogP contribution is -2.45. The number of likely N-dealkylation sites (tertiary alicyclic amines) is 2. The van der Waals surface area contributed by atoms with Gasteiger partial charge in [0.1, 0.15) is 12.1 Å². The van der Waals surface area contributed by atoms with Gasteiger partial charge in [0.15, 0.2) is 0 Å². The van der Waals surface area contributed by atoms with E-state index in [2.05, 4.69) is 39.2 Å². The molecule has 0 aromatic carbocycles. The first-order chi connectivity index (χ1) is 28.5. The van der Waals surface area contributed by atoms with E-state index < -0.39 is 23.9 Å². The van der Waals surface area contributed by atoms with Crippen molar-refractivity contribution in [3.8, 4) is 0 Å². The lowest BCUT2D eigenvalue weighted by molar-refractivity contribution is -0.136. The molecule has 12 nitrogen and oxygen atoms in total. The Kier molecular flexibility index (Phi) is 36.5. The molecule has 2 aliphatic carbocycles. The fourth-order valence-corrected chi connectivity index (χ4v) is 8.49. The molecular formula is C44H83BrN6O6S2. The number of thioether (sulfide) groups is 1. The maximum absolute atomic E-state index is 11.9. The largest absolute Gasteiger partial charge is 0.368 e. The van der Waals surface area contributed by atoms with Crippen LogP contribution in [0.3, 0.4) is 0 Å². The van der Waals surface area contributed by atoms with Crippen LogP contribution in [0.1, 0.15) is 168 Å². The maximum Gasteiger partial charge on any atom is 0.240 e. The molecule has 2 heterocycles. The second-order valence-corrected chi connectivity index (χ2v) is 17.6. The minimum absolute atomic E-state index is 0.0275. The summed E-state index contributed by atoms with van der Waals surface area (Å²) in [7, 11) is 0. The van der Waals surface area contributed by atoms with Crippen molar-refractivity contribution >= 4 is 75.8 Å². The number of carbonyl (C=O) groups is 6. The summed E-state index contributed by atoms with van der Waals surface area (Å²) < 4.78 is 0. The van der Waals surface area contributed by atoms with Crippen LogP contribution in [0.25, 0.3) is 0 Å². The SMILES string of the molecule is C1CCCCCCCCC1.C1CCCCCCCCC1.CC[C@H](C(N)=O)N1CC(CNC(=O)CBr)CC1=O.CC[C@H](C(N)=O)N1CC(CNC(=O)CSC)CC1=O.CS. The van der Waals surface area contributed by atoms with Crippen LogP contribution in [0.5, 0.6) is 0 Å². The molecule has 6 N–H and O–H groups in total. The number of nitrogens with zero attached hydrogens (tertiary/aromatic N) is 2. The van der Waals surface area contributed by atoms with E-state index in [0.717, 1.165) is 0 Å². The summed E-state index contributed by atoms with van der Waals surface area (Å²) in [5, 5.41) is 5.76. The third-order valence-corrected chi connectivity index (χ3v) is 12.3. The molecular weight excluding hydrogens is 853 g/mol. The summed E-state index contributed by atoms with van der Waals surface area (Å²) in [5.74, 6) is -0.681. The van der Waals surface area contributed by atoms with Crippen LogP contribution in [0.2, 0.25) is 0 Å². The number of halogens is 1. The van der Waals surface area contributed by atoms with Crippen molar-refractivity contribution in [1.82, 2.24) is 20.4 Å². The number of rotatable bonds is 13. The van der Waals surface area contributed by atoms with Crippen molar-refractivity contribution in [3.05, 3.63) is 0 Å². The Morgan fingerprint density at radius 3 is 1.10 bits per heavy atom. The van der Waals surface area contributed by atoms with Crippen LogP contribution in [0.15, 0.2) is 0 Å². The zero-order chi connectivity index (χ0) is 44.3. The fourth-order valence-electron chi connectivity index (χ4n) is 7.92. The van der Waals surface area contributed by atoms with Gasteiger partial charge in [-0.05, 0) is 25.4 Å². The first-order valence-corrected chi connectivity index (χ1v) is 26.1. The average Bonchev–Trinajstić information content (AvgIpc) is 3.79. The average molecular weight is 936 g/mol. The Balaban J connectivity index is 0.000000777. The molecule has 0 spiro atoms. The fraction of sp³-hybridized carbons (Fsp3) is 0.864. The van der Waals surface area contributed by atoms with E-state index in [-0.39, 0.29) is 40.8 Å². The van der Waals surface area contributed by atoms with Gasteiger partial charge in [0.05, 0.1) is 11.1 Å². The van der Waals surface area contributed by atoms with Crippen molar-refractivity contribution in [2.45, 2.75) is 180 Å². The van der Waals surface area contributed by atoms with Crippen molar-refractivity contribution < 1.29 is 28.8 Å². The molecule has 0 aromatic rings. The smallest absolute Gasteiger partial charge is 0.240 e. The first-order valence-electron chi connectivity index (χ1n) is 22.7. The third-order valence-electron chi connectivity index (χ3n) is 11.2. The number of carbonyl (C=O) groups excluding carboxylic acids is 6. The zero-order valence-corrected chi connectivity index (χ0v) is 40.6. The summed E-state index contributed by atoms with van der Waals surface area (Å²) in [6.07, 6.45) is 35.3. The number of nitrogens with one attached hydrogen (secondary N) is 2. The number of hydrogen-bond donors (Lipinski definition) is 5. The van der Waals surface area contributed by atoms with Gasteiger partial charge in [0.2, 0.25) is 35.4 Å². The minimum Gasteiger partial charge on any atom is -0.368 e. The van der Waals surface area contributed by atoms with Gasteiger partial charge < -0.3 is 31.9 Å². The highest BCUT2D eigenvalue weighted by Crippen LogP contribution is 2.22. The predicted molar refractivity (Wildman–Crippen MR) is 252 cm³/mol. The van der Waals surface area contributed by atoms with Crippen LogP contribution in [-0.2, 0) is 28.8 Å². The molecule has 0 aromatic heterocycles. The minimum atomic E-state index is -0.533. The van der Waals surface area contributed by atoms with Crippen molar-refractivity contribution in [3.63, 3.8) is 0 Å². The summed E-state index contributed by atoms with van der Waals surface area (Å²) in [5.41, 5.74) is 10.6. The molecule has 2 saturated heterocycles. The summed E-state index contributed by atoms with van der Waals surface area (Å²) in [6.45, 7) is 5.53. The van der Waals surface area contributed by atoms with Gasteiger partial charge in [0.25, 0.3) is 0 Å². The van der Waals surface area contributed by atoms with E-state index in [4.69, 9.17) is 11.5 Å². The number of primary amides is 2. The van der Waals surface area contributed by atoms with Gasteiger partial charge >= 0.3 is 0 Å². The molecule has 2 aliphatic heterocycles. The van der Waals surface area contributed by atoms with Gasteiger partial charge in [-0.15, -0.1) is 0 Å². The third kappa shape index (κ3) is 27.5. The molecule has 4 aliphatic rings. The zero-order valence-electron chi connectivity index (χ0n) is 37.3. The van der Waals surface area contributed by atoms with Crippen LogP contribution in [-0.4, -0.2) is 107 Å². The van der Waals surface area contributed by atoms with E-state index in [1.807, 2.05) is 20.1 Å². The van der Waals surface area contributed by atoms with Crippen LogP contribution in [0, 0.1) is 11.8 Å². The standard InChI is InChI=1S/C12H21N3O3S.C11H18BrN3O3.2C10H20.CH4S/c1-3-9(12(13)18)15-6-8(4-11(15)17)5-14-10(16)7-19-2;1-2-8(11(13)18)15-6-7(3-10(15)17)5-14-9(16)4-12;2*1-2-4-6-8-10-9-7-5-3-1;1-2/h8-9H,3-7H2,1-2H3,(H2,13,18)(H,14,16);7-8H,2-6H2,1H3,(H2,13,18)(H,14,16);2*1-10H2;2H,1H3/t8?,9-;7?,8-;;;/m11.../s1. The Hall–Kier alpha value is -2.00. The summed E-state index contributed by atoms with van der Waals surface area (Å²) in [6, 6.07) is -1.06. The monoisotopic (exact) mass is 934 g/mol. The molecule has 59 heavy (non-hydrogen) atoms. The van der Waals surface area contributed by atoms with Gasteiger partial charge in [0, 0.05) is 50.9 Å². The van der Waals surface area contributed by atoms with Crippen LogP contribution >= 0.6 is 40.3 Å².